The van der Waals surface area contributed by atoms with Crippen LogP contribution in [-0.2, 0) is 10.0 Å². The van der Waals surface area contributed by atoms with Crippen LogP contribution < -0.4 is 0 Å². The number of hydrogen-bond donors (Lipinski definition) is 0. The Hall–Kier alpha value is -0.510. The number of sulfonamides is 1. The summed E-state index contributed by atoms with van der Waals surface area (Å²) in [7, 11) is -3.30. The number of Topliss-reactive ketones (excluding diaryl/α,β-unsaturated/α-hetero) is 1. The van der Waals surface area contributed by atoms with Crippen LogP contribution in [0.1, 0.15) is 55.8 Å². The molecule has 1 aromatic rings. The molecule has 2 fully saturated rings. The summed E-state index contributed by atoms with van der Waals surface area (Å²) in [6.07, 6.45) is 0.456. The van der Waals surface area contributed by atoms with E-state index in [-0.39, 0.29) is 59.2 Å². The molecule has 5 nitrogen and oxygen atoms in total. The fourth-order valence-electron chi connectivity index (χ4n) is 4.71. The van der Waals surface area contributed by atoms with Crippen molar-refractivity contribution in [2.45, 2.75) is 56.9 Å². The molecule has 3 rings (SSSR count). The first-order valence-corrected chi connectivity index (χ1v) is 13.4. The zero-order chi connectivity index (χ0) is 23.7. The van der Waals surface area contributed by atoms with Crippen molar-refractivity contribution in [3.8, 4) is 0 Å². The molecule has 0 bridgehead atoms. The Labute approximate surface area is 203 Å². The summed E-state index contributed by atoms with van der Waals surface area (Å²) in [5, 5.41) is 0.646. The van der Waals surface area contributed by atoms with Crippen molar-refractivity contribution in [2.75, 3.05) is 31.9 Å². The van der Waals surface area contributed by atoms with Gasteiger partial charge in [0, 0.05) is 56.0 Å². The summed E-state index contributed by atoms with van der Waals surface area (Å²) in [5.74, 6) is -2.95. The Bertz CT molecular complexity index is 934. The molecule has 2 aliphatic rings. The van der Waals surface area contributed by atoms with Gasteiger partial charge in [-0.3, -0.25) is 9.69 Å². The first kappa shape index (κ1) is 26.1. The number of hydrogen-bond acceptors (Lipinski definition) is 4. The topological polar surface area (TPSA) is 57.7 Å². The van der Waals surface area contributed by atoms with Gasteiger partial charge in [0.2, 0.25) is 15.9 Å². The Morgan fingerprint density at radius 1 is 1.00 bits per heavy atom. The number of benzene rings is 1. The van der Waals surface area contributed by atoms with Crippen LogP contribution in [0.15, 0.2) is 12.1 Å². The largest absolute Gasteiger partial charge is 0.295 e. The minimum atomic E-state index is -3.30. The third-order valence-corrected chi connectivity index (χ3v) is 9.38. The molecule has 180 valence electrons. The van der Waals surface area contributed by atoms with Crippen molar-refractivity contribution >= 4 is 50.6 Å². The fraction of sp³-hybridized carbons (Fsp3) is 0.667. The third kappa shape index (κ3) is 5.76. The number of halogens is 5. The van der Waals surface area contributed by atoms with E-state index in [0.717, 1.165) is 0 Å². The molecule has 1 saturated carbocycles. The van der Waals surface area contributed by atoms with Crippen LogP contribution in [0, 0.1) is 0 Å². The van der Waals surface area contributed by atoms with E-state index in [4.69, 9.17) is 34.8 Å². The van der Waals surface area contributed by atoms with Gasteiger partial charge in [0.1, 0.15) is 0 Å². The fourth-order valence-corrected chi connectivity index (χ4v) is 6.82. The SMILES string of the molecule is CCS(=O)(=O)N1CCN(C2(CCC(=O)c3c(Cl)cc(Cl)cc3Cl)CCC(F)(F)CC2)CC1. The molecule has 1 saturated heterocycles. The summed E-state index contributed by atoms with van der Waals surface area (Å²) in [6, 6.07) is 2.90. The van der Waals surface area contributed by atoms with Crippen LogP contribution in [0.5, 0.6) is 0 Å². The lowest BCUT2D eigenvalue weighted by Gasteiger charge is -2.51. The first-order valence-electron chi connectivity index (χ1n) is 10.7. The van der Waals surface area contributed by atoms with E-state index >= 15 is 0 Å². The molecule has 32 heavy (non-hydrogen) atoms. The van der Waals surface area contributed by atoms with Gasteiger partial charge in [0.05, 0.1) is 21.4 Å². The molecule has 1 heterocycles. The predicted octanol–water partition coefficient (Wildman–Crippen LogP) is 5.53. The molecule has 0 atom stereocenters. The van der Waals surface area contributed by atoms with E-state index in [1.54, 1.807) is 6.92 Å². The highest BCUT2D eigenvalue weighted by molar-refractivity contribution is 7.89. The second-order valence-electron chi connectivity index (χ2n) is 8.53. The highest BCUT2D eigenvalue weighted by Gasteiger charge is 2.47. The molecule has 0 spiro atoms. The van der Waals surface area contributed by atoms with Crippen LogP contribution in [0.3, 0.4) is 0 Å². The van der Waals surface area contributed by atoms with Crippen molar-refractivity contribution in [2.24, 2.45) is 0 Å². The number of ketones is 1. The Kier molecular flexibility index (Phi) is 8.16. The molecule has 0 amide bonds. The number of piperazine rings is 1. The van der Waals surface area contributed by atoms with Gasteiger partial charge in [-0.15, -0.1) is 0 Å². The molecular weight excluding hydrogens is 505 g/mol. The van der Waals surface area contributed by atoms with E-state index in [0.29, 0.717) is 37.6 Å². The molecule has 0 aromatic heterocycles. The maximum absolute atomic E-state index is 14.0. The van der Waals surface area contributed by atoms with Gasteiger partial charge in [-0.2, -0.15) is 4.31 Å². The maximum Gasteiger partial charge on any atom is 0.248 e. The third-order valence-electron chi connectivity index (χ3n) is 6.68. The highest BCUT2D eigenvalue weighted by Crippen LogP contribution is 2.45. The molecule has 1 aromatic carbocycles. The van der Waals surface area contributed by atoms with Crippen LogP contribution in [0.2, 0.25) is 15.1 Å². The lowest BCUT2D eigenvalue weighted by atomic mass is 9.74. The minimum absolute atomic E-state index is 0.0292. The van der Waals surface area contributed by atoms with Gasteiger partial charge in [-0.05, 0) is 38.3 Å². The van der Waals surface area contributed by atoms with Crippen LogP contribution >= 0.6 is 34.8 Å². The lowest BCUT2D eigenvalue weighted by molar-refractivity contribution is -0.0891. The van der Waals surface area contributed by atoms with Gasteiger partial charge in [-0.1, -0.05) is 34.8 Å². The van der Waals surface area contributed by atoms with Crippen LogP contribution in [0.4, 0.5) is 8.78 Å². The zero-order valence-corrected chi connectivity index (χ0v) is 20.9. The summed E-state index contributed by atoms with van der Waals surface area (Å²) >= 11 is 18.3. The van der Waals surface area contributed by atoms with Crippen molar-refractivity contribution in [3.63, 3.8) is 0 Å². The van der Waals surface area contributed by atoms with E-state index in [1.165, 1.54) is 16.4 Å². The average molecular weight is 532 g/mol. The van der Waals surface area contributed by atoms with E-state index in [9.17, 15) is 22.0 Å². The van der Waals surface area contributed by atoms with E-state index in [1.807, 2.05) is 0 Å². The highest BCUT2D eigenvalue weighted by atomic mass is 35.5. The van der Waals surface area contributed by atoms with Crippen molar-refractivity contribution in [3.05, 3.63) is 32.8 Å². The molecule has 0 radical (unpaired) electrons. The zero-order valence-electron chi connectivity index (χ0n) is 17.9. The van der Waals surface area contributed by atoms with Gasteiger partial charge in [0.25, 0.3) is 0 Å². The number of nitrogens with zero attached hydrogens (tertiary/aromatic N) is 2. The Morgan fingerprint density at radius 3 is 2.03 bits per heavy atom. The average Bonchev–Trinajstić information content (AvgIpc) is 2.73. The summed E-state index contributed by atoms with van der Waals surface area (Å²) < 4.78 is 53.8. The molecule has 11 heteroatoms. The quantitative estimate of drug-likeness (QED) is 0.435. The summed E-state index contributed by atoms with van der Waals surface area (Å²) in [4.78, 5) is 15.0. The second-order valence-corrected chi connectivity index (χ2v) is 12.0. The van der Waals surface area contributed by atoms with Crippen LogP contribution in [0.25, 0.3) is 0 Å². The number of alkyl halides is 2. The number of carbonyl (C=O) groups excluding carboxylic acids is 1. The van der Waals surface area contributed by atoms with Crippen molar-refractivity contribution in [1.82, 2.24) is 9.21 Å². The monoisotopic (exact) mass is 530 g/mol. The minimum Gasteiger partial charge on any atom is -0.295 e. The van der Waals surface area contributed by atoms with Gasteiger partial charge in [0.15, 0.2) is 5.78 Å². The lowest BCUT2D eigenvalue weighted by Crippen LogP contribution is -2.60. The predicted molar refractivity (Wildman–Crippen MR) is 124 cm³/mol. The van der Waals surface area contributed by atoms with Crippen molar-refractivity contribution in [1.29, 1.82) is 0 Å². The van der Waals surface area contributed by atoms with Crippen molar-refractivity contribution < 1.29 is 22.0 Å². The van der Waals surface area contributed by atoms with Crippen LogP contribution in [-0.4, -0.2) is 66.8 Å². The normalized spacial score (nSPS) is 22.1. The summed E-state index contributed by atoms with van der Waals surface area (Å²) in [6.45, 7) is 3.13. The first-order chi connectivity index (χ1) is 14.9. The molecule has 0 unspecified atom stereocenters. The smallest absolute Gasteiger partial charge is 0.248 e. The van der Waals surface area contributed by atoms with Gasteiger partial charge >= 0.3 is 0 Å². The van der Waals surface area contributed by atoms with Gasteiger partial charge < -0.3 is 0 Å². The molecule has 0 N–H and O–H groups in total. The number of rotatable bonds is 7. The van der Waals surface area contributed by atoms with E-state index < -0.39 is 21.5 Å². The van der Waals surface area contributed by atoms with Gasteiger partial charge in [-0.25, -0.2) is 17.2 Å². The maximum atomic E-state index is 14.0. The molecule has 1 aliphatic heterocycles. The molecular formula is C21H27Cl3F2N2O3S. The Balaban J connectivity index is 1.76. The summed E-state index contributed by atoms with van der Waals surface area (Å²) in [5.41, 5.74) is -0.405. The Morgan fingerprint density at radius 2 is 1.53 bits per heavy atom. The van der Waals surface area contributed by atoms with E-state index in [2.05, 4.69) is 4.90 Å². The standard InChI is InChI=1S/C21H27Cl3F2N2O3S/c1-2-32(30,31)28-11-9-27(10-12-28)20(5-7-21(25,26)8-6-20)4-3-18(29)19-16(23)13-15(22)14-17(19)24/h13-14H,2-12H2,1H3. The second kappa shape index (κ2) is 10.0. The molecule has 1 aliphatic carbocycles. The number of carbonyl (C=O) groups is 1.